The molecule has 0 aliphatic rings. The molecule has 0 N–H and O–H groups in total. The molecule has 0 heterocycles. The minimum atomic E-state index is -6.01. The van der Waals surface area contributed by atoms with E-state index >= 15 is 0 Å². The molecular formula is C14H16F6O4. The van der Waals surface area contributed by atoms with E-state index in [0.717, 1.165) is 13.8 Å². The molecule has 4 nitrogen and oxygen atoms in total. The van der Waals surface area contributed by atoms with E-state index in [2.05, 4.69) is 22.6 Å². The summed E-state index contributed by atoms with van der Waals surface area (Å²) in [7, 11) is 0. The first kappa shape index (κ1) is 22.0. The van der Waals surface area contributed by atoms with Crippen LogP contribution in [0.3, 0.4) is 0 Å². The highest BCUT2D eigenvalue weighted by Gasteiger charge is 2.79. The molecule has 0 saturated heterocycles. The van der Waals surface area contributed by atoms with Crippen molar-refractivity contribution in [2.45, 2.75) is 51.2 Å². The van der Waals surface area contributed by atoms with Gasteiger partial charge in [0, 0.05) is 25.0 Å². The van der Waals surface area contributed by atoms with Gasteiger partial charge in [-0.15, -0.1) is 0 Å². The summed E-state index contributed by atoms with van der Waals surface area (Å²) in [5, 5.41) is 0. The highest BCUT2D eigenvalue weighted by atomic mass is 19.3. The first-order valence-electron chi connectivity index (χ1n) is 6.32. The highest BCUT2D eigenvalue weighted by Crippen LogP contribution is 2.52. The first-order valence-corrected chi connectivity index (χ1v) is 6.32. The molecule has 0 rings (SSSR count). The summed E-state index contributed by atoms with van der Waals surface area (Å²) in [6, 6.07) is 0. The third kappa shape index (κ3) is 3.90. The Labute approximate surface area is 134 Å². The number of hydrogen-bond acceptors (Lipinski definition) is 4. The lowest BCUT2D eigenvalue weighted by atomic mass is 9.98. The van der Waals surface area contributed by atoms with Crippen LogP contribution in [0.4, 0.5) is 26.3 Å². The van der Waals surface area contributed by atoms with Crippen molar-refractivity contribution < 1.29 is 45.4 Å². The Hall–Kier alpha value is -2.00. The average Bonchev–Trinajstić information content (AvgIpc) is 2.36. The van der Waals surface area contributed by atoms with Crippen LogP contribution in [0, 0.1) is 0 Å². The maximum atomic E-state index is 14.1. The number of esters is 2. The van der Waals surface area contributed by atoms with Crippen molar-refractivity contribution in [3.8, 4) is 0 Å². The molecule has 0 spiro atoms. The van der Waals surface area contributed by atoms with Gasteiger partial charge in [0.05, 0.1) is 0 Å². The van der Waals surface area contributed by atoms with Crippen LogP contribution in [0.5, 0.6) is 0 Å². The maximum absolute atomic E-state index is 14.1. The van der Waals surface area contributed by atoms with Gasteiger partial charge in [-0.05, 0) is 13.8 Å². The summed E-state index contributed by atoms with van der Waals surface area (Å²) in [5.41, 5.74) is -1.04. The molecule has 0 amide bonds. The van der Waals surface area contributed by atoms with Gasteiger partial charge in [0.25, 0.3) is 0 Å². The number of rotatable bonds is 7. The molecule has 0 fully saturated rings. The largest absolute Gasteiger partial charge is 0.413 e. The van der Waals surface area contributed by atoms with Crippen LogP contribution >= 0.6 is 0 Å². The zero-order valence-corrected chi connectivity index (χ0v) is 13.3. The number of alkyl halides is 6. The highest BCUT2D eigenvalue weighted by molar-refractivity contribution is 5.89. The predicted molar refractivity (Wildman–Crippen MR) is 70.7 cm³/mol. The lowest BCUT2D eigenvalue weighted by Gasteiger charge is -2.40. The van der Waals surface area contributed by atoms with Gasteiger partial charge in [0.1, 0.15) is 0 Å². The number of carbonyl (C=O) groups excluding carboxylic acids is 2. The fraction of sp³-hybridized carbons (Fsp3) is 0.571. The third-order valence-corrected chi connectivity index (χ3v) is 2.79. The second-order valence-electron chi connectivity index (χ2n) is 5.32. The quantitative estimate of drug-likeness (QED) is 0.299. The van der Waals surface area contributed by atoms with Crippen LogP contribution in [0.15, 0.2) is 24.3 Å². The molecule has 24 heavy (non-hydrogen) atoms. The number of halogens is 6. The second-order valence-corrected chi connectivity index (χ2v) is 5.32. The third-order valence-electron chi connectivity index (χ3n) is 2.79. The SMILES string of the molecule is C=C(C)C(=O)OC(C)(OC(=O)C(=C)C)C(F)(F)C(F)(F)C(C)(F)F. The molecule has 10 heteroatoms. The van der Waals surface area contributed by atoms with Crippen molar-refractivity contribution in [3.63, 3.8) is 0 Å². The van der Waals surface area contributed by atoms with E-state index < -0.39 is 53.6 Å². The monoisotopic (exact) mass is 362 g/mol. The van der Waals surface area contributed by atoms with Gasteiger partial charge in [-0.3, -0.25) is 0 Å². The Bertz CT molecular complexity index is 534. The Morgan fingerprint density at radius 2 is 1.04 bits per heavy atom. The number of hydrogen-bond donors (Lipinski definition) is 0. The van der Waals surface area contributed by atoms with Crippen LogP contribution < -0.4 is 0 Å². The average molecular weight is 362 g/mol. The fourth-order valence-electron chi connectivity index (χ4n) is 1.24. The number of ether oxygens (including phenoxy) is 2. The zero-order valence-electron chi connectivity index (χ0n) is 13.3. The molecule has 0 atom stereocenters. The molecular weight excluding hydrogens is 346 g/mol. The Kier molecular flexibility index (Phi) is 5.94. The summed E-state index contributed by atoms with van der Waals surface area (Å²) < 4.78 is 89.6. The topological polar surface area (TPSA) is 52.6 Å². The summed E-state index contributed by atoms with van der Waals surface area (Å²) in [4.78, 5) is 22.9. The minimum Gasteiger partial charge on any atom is -0.413 e. The van der Waals surface area contributed by atoms with E-state index in [1.165, 1.54) is 0 Å². The Morgan fingerprint density at radius 1 is 0.750 bits per heavy atom. The Morgan fingerprint density at radius 3 is 1.25 bits per heavy atom. The lowest BCUT2D eigenvalue weighted by molar-refractivity contribution is -0.391. The van der Waals surface area contributed by atoms with Crippen molar-refractivity contribution in [1.82, 2.24) is 0 Å². The molecule has 0 aliphatic carbocycles. The van der Waals surface area contributed by atoms with Gasteiger partial charge in [-0.2, -0.15) is 26.3 Å². The summed E-state index contributed by atoms with van der Waals surface area (Å²) in [6.07, 6.45) is 0. The van der Waals surface area contributed by atoms with Crippen LogP contribution in [-0.4, -0.2) is 35.5 Å². The summed E-state index contributed by atoms with van der Waals surface area (Å²) in [6.45, 7) is 7.64. The zero-order chi connectivity index (χ0) is 19.7. The van der Waals surface area contributed by atoms with Gasteiger partial charge in [-0.1, -0.05) is 13.2 Å². The summed E-state index contributed by atoms with van der Waals surface area (Å²) >= 11 is 0. The van der Waals surface area contributed by atoms with E-state index in [1.54, 1.807) is 0 Å². The lowest BCUT2D eigenvalue weighted by Crippen LogP contribution is -2.66. The molecule has 0 aromatic heterocycles. The van der Waals surface area contributed by atoms with Crippen LogP contribution in [0.1, 0.15) is 27.7 Å². The van der Waals surface area contributed by atoms with E-state index in [4.69, 9.17) is 0 Å². The van der Waals surface area contributed by atoms with Crippen LogP contribution in [0.2, 0.25) is 0 Å². The van der Waals surface area contributed by atoms with Gasteiger partial charge in [0.2, 0.25) is 0 Å². The molecule has 0 aliphatic heterocycles. The van der Waals surface area contributed by atoms with Gasteiger partial charge < -0.3 is 9.47 Å². The predicted octanol–water partition coefficient (Wildman–Crippen LogP) is 3.87. The molecule has 138 valence electrons. The van der Waals surface area contributed by atoms with Crippen molar-refractivity contribution >= 4 is 11.9 Å². The fourth-order valence-corrected chi connectivity index (χ4v) is 1.24. The van der Waals surface area contributed by atoms with Crippen molar-refractivity contribution in [2.24, 2.45) is 0 Å². The maximum Gasteiger partial charge on any atom is 0.390 e. The summed E-state index contributed by atoms with van der Waals surface area (Å²) in [5.74, 6) is -24.4. The molecule has 0 saturated carbocycles. The molecule has 0 bridgehead atoms. The molecule has 0 aromatic carbocycles. The smallest absolute Gasteiger partial charge is 0.390 e. The van der Waals surface area contributed by atoms with E-state index in [1.807, 2.05) is 0 Å². The van der Waals surface area contributed by atoms with Crippen molar-refractivity contribution in [3.05, 3.63) is 24.3 Å². The normalized spacial score (nSPS) is 13.2. The Balaban J connectivity index is 6.19. The van der Waals surface area contributed by atoms with Gasteiger partial charge in [-0.25, -0.2) is 9.59 Å². The van der Waals surface area contributed by atoms with Crippen LogP contribution in [-0.2, 0) is 19.1 Å². The van der Waals surface area contributed by atoms with E-state index in [-0.39, 0.29) is 6.92 Å². The van der Waals surface area contributed by atoms with Gasteiger partial charge in [0.15, 0.2) is 0 Å². The second kappa shape index (κ2) is 6.48. The van der Waals surface area contributed by atoms with Crippen LogP contribution in [0.25, 0.3) is 0 Å². The van der Waals surface area contributed by atoms with E-state index in [0.29, 0.717) is 0 Å². The van der Waals surface area contributed by atoms with E-state index in [9.17, 15) is 35.9 Å². The molecule has 0 radical (unpaired) electrons. The number of carbonyl (C=O) groups is 2. The van der Waals surface area contributed by atoms with Crippen molar-refractivity contribution in [1.29, 1.82) is 0 Å². The van der Waals surface area contributed by atoms with Gasteiger partial charge >= 0.3 is 35.5 Å². The molecule has 0 unspecified atom stereocenters. The first-order chi connectivity index (χ1) is 10.4. The standard InChI is InChI=1S/C14H16F6O4/c1-7(2)9(21)23-12(6,24-10(22)8(3)4)14(19,20)13(17,18)11(5,15)16/h1,3H2,2,4-6H3. The van der Waals surface area contributed by atoms with Crippen molar-refractivity contribution in [2.75, 3.05) is 0 Å². The molecule has 0 aromatic rings. The minimum absolute atomic E-state index is 0.0638.